The van der Waals surface area contributed by atoms with Gasteiger partial charge in [0.25, 0.3) is 5.91 Å². The number of rotatable bonds is 4. The van der Waals surface area contributed by atoms with Crippen molar-refractivity contribution in [2.24, 2.45) is 0 Å². The predicted octanol–water partition coefficient (Wildman–Crippen LogP) is 1.94. The summed E-state index contributed by atoms with van der Waals surface area (Å²) in [6.45, 7) is -0.0386. The molecular formula is C20H18FN3O4S. The van der Waals surface area contributed by atoms with Crippen LogP contribution in [0.3, 0.4) is 0 Å². The molecule has 0 aromatic heterocycles. The van der Waals surface area contributed by atoms with E-state index >= 15 is 0 Å². The zero-order chi connectivity index (χ0) is 20.4. The molecule has 7 nitrogen and oxygen atoms in total. The average Bonchev–Trinajstić information content (AvgIpc) is 2.70. The fourth-order valence-electron chi connectivity index (χ4n) is 3.11. The lowest BCUT2D eigenvalue weighted by atomic mass is 10.1. The molecule has 150 valence electrons. The SMILES string of the molecule is O=C1COc2ccc(NC(=O)[C@H]3CS[C@H](Cc4ccc(F)cc4)C(=O)N3)cc2N1. The molecule has 2 heterocycles. The number of thioether (sulfide) groups is 1. The van der Waals surface area contributed by atoms with Crippen molar-refractivity contribution in [1.82, 2.24) is 5.32 Å². The van der Waals surface area contributed by atoms with Gasteiger partial charge >= 0.3 is 0 Å². The Morgan fingerprint density at radius 1 is 1.21 bits per heavy atom. The van der Waals surface area contributed by atoms with Crippen molar-refractivity contribution in [3.8, 4) is 5.75 Å². The lowest BCUT2D eigenvalue weighted by molar-refractivity contribution is -0.126. The molecule has 2 aliphatic rings. The number of benzene rings is 2. The predicted molar refractivity (Wildman–Crippen MR) is 107 cm³/mol. The second kappa shape index (κ2) is 8.12. The van der Waals surface area contributed by atoms with E-state index in [1.165, 1.54) is 23.9 Å². The number of hydrogen-bond acceptors (Lipinski definition) is 5. The maximum absolute atomic E-state index is 13.0. The summed E-state index contributed by atoms with van der Waals surface area (Å²) in [6.07, 6.45) is 0.468. The van der Waals surface area contributed by atoms with E-state index in [1.807, 2.05) is 0 Å². The van der Waals surface area contributed by atoms with Crippen molar-refractivity contribution in [3.63, 3.8) is 0 Å². The standard InChI is InChI=1S/C20H18FN3O4S/c21-12-3-1-11(2-4-12)7-17-20(27)24-15(10-29-17)19(26)22-13-5-6-16-14(8-13)23-18(25)9-28-16/h1-6,8,15,17H,7,9-10H2,(H,22,26)(H,23,25)(H,24,27)/t15-,17-/m1/s1. The van der Waals surface area contributed by atoms with E-state index < -0.39 is 6.04 Å². The second-order valence-corrected chi connectivity index (χ2v) is 7.99. The van der Waals surface area contributed by atoms with Gasteiger partial charge in [0, 0.05) is 11.4 Å². The minimum absolute atomic E-state index is 0.0386. The van der Waals surface area contributed by atoms with Gasteiger partial charge in [-0.1, -0.05) is 12.1 Å². The summed E-state index contributed by atoms with van der Waals surface area (Å²) in [4.78, 5) is 36.4. The third-order valence-electron chi connectivity index (χ3n) is 4.60. The molecule has 2 aromatic carbocycles. The van der Waals surface area contributed by atoms with E-state index in [0.29, 0.717) is 29.3 Å². The summed E-state index contributed by atoms with van der Waals surface area (Å²) in [6, 6.07) is 10.3. The minimum Gasteiger partial charge on any atom is -0.482 e. The van der Waals surface area contributed by atoms with Crippen molar-refractivity contribution in [2.45, 2.75) is 17.7 Å². The van der Waals surface area contributed by atoms with E-state index in [1.54, 1.807) is 30.3 Å². The van der Waals surface area contributed by atoms with Gasteiger partial charge in [-0.25, -0.2) is 4.39 Å². The Morgan fingerprint density at radius 3 is 2.76 bits per heavy atom. The van der Waals surface area contributed by atoms with Gasteiger partial charge < -0.3 is 20.7 Å². The van der Waals surface area contributed by atoms with Gasteiger partial charge in [0.2, 0.25) is 11.8 Å². The molecule has 4 rings (SSSR count). The van der Waals surface area contributed by atoms with Gasteiger partial charge in [-0.3, -0.25) is 14.4 Å². The van der Waals surface area contributed by atoms with Gasteiger partial charge in [0.05, 0.1) is 10.9 Å². The van der Waals surface area contributed by atoms with Crippen molar-refractivity contribution in [1.29, 1.82) is 0 Å². The minimum atomic E-state index is -0.668. The molecule has 2 aromatic rings. The molecule has 1 saturated heterocycles. The average molecular weight is 415 g/mol. The third-order valence-corrected chi connectivity index (χ3v) is 5.91. The largest absolute Gasteiger partial charge is 0.482 e. The van der Waals surface area contributed by atoms with E-state index in [0.717, 1.165) is 5.56 Å². The number of hydrogen-bond donors (Lipinski definition) is 3. The van der Waals surface area contributed by atoms with Crippen molar-refractivity contribution in [2.75, 3.05) is 23.0 Å². The first kappa shape index (κ1) is 19.3. The highest BCUT2D eigenvalue weighted by atomic mass is 32.2. The highest BCUT2D eigenvalue weighted by Crippen LogP contribution is 2.30. The quantitative estimate of drug-likeness (QED) is 0.709. The first-order valence-electron chi connectivity index (χ1n) is 9.02. The van der Waals surface area contributed by atoms with Crippen molar-refractivity contribution in [3.05, 3.63) is 53.8 Å². The van der Waals surface area contributed by atoms with Crippen LogP contribution in [0.4, 0.5) is 15.8 Å². The number of nitrogens with one attached hydrogen (secondary N) is 3. The van der Waals surface area contributed by atoms with E-state index in [9.17, 15) is 18.8 Å². The molecule has 2 atom stereocenters. The van der Waals surface area contributed by atoms with Gasteiger partial charge in [-0.15, -0.1) is 11.8 Å². The van der Waals surface area contributed by atoms with Gasteiger partial charge in [-0.05, 0) is 42.3 Å². The molecule has 2 aliphatic heterocycles. The summed E-state index contributed by atoms with van der Waals surface area (Å²) >= 11 is 1.40. The number of carbonyl (C=O) groups is 3. The number of halogens is 1. The van der Waals surface area contributed by atoms with Crippen LogP contribution >= 0.6 is 11.8 Å². The van der Waals surface area contributed by atoms with Gasteiger partial charge in [-0.2, -0.15) is 0 Å². The molecule has 3 N–H and O–H groups in total. The zero-order valence-electron chi connectivity index (χ0n) is 15.2. The highest BCUT2D eigenvalue weighted by Gasteiger charge is 2.32. The number of ether oxygens (including phenoxy) is 1. The Hall–Kier alpha value is -3.07. The summed E-state index contributed by atoms with van der Waals surface area (Å²) in [5, 5.41) is 7.85. The molecule has 0 aliphatic carbocycles. The van der Waals surface area contributed by atoms with Crippen LogP contribution in [0.1, 0.15) is 5.56 Å². The molecule has 0 saturated carbocycles. The first-order valence-corrected chi connectivity index (χ1v) is 10.1. The van der Waals surface area contributed by atoms with Crippen LogP contribution in [0.5, 0.6) is 5.75 Å². The van der Waals surface area contributed by atoms with Gasteiger partial charge in [0.15, 0.2) is 6.61 Å². The Labute approximate surface area is 170 Å². The summed E-state index contributed by atoms with van der Waals surface area (Å²) in [5.74, 6) is -0.184. The highest BCUT2D eigenvalue weighted by molar-refractivity contribution is 8.00. The first-order chi connectivity index (χ1) is 14.0. The Kier molecular flexibility index (Phi) is 5.39. The maximum atomic E-state index is 13.0. The van der Waals surface area contributed by atoms with Crippen LogP contribution < -0.4 is 20.7 Å². The molecule has 1 fully saturated rings. The normalized spacial score (nSPS) is 20.7. The Bertz CT molecular complexity index is 967. The fraction of sp³-hybridized carbons (Fsp3) is 0.250. The molecule has 29 heavy (non-hydrogen) atoms. The smallest absolute Gasteiger partial charge is 0.262 e. The van der Waals surface area contributed by atoms with Crippen LogP contribution in [0.15, 0.2) is 42.5 Å². The van der Waals surface area contributed by atoms with Crippen LogP contribution in [-0.4, -0.2) is 41.4 Å². The van der Waals surface area contributed by atoms with E-state index in [2.05, 4.69) is 16.0 Å². The maximum Gasteiger partial charge on any atom is 0.262 e. The molecule has 0 radical (unpaired) electrons. The molecule has 9 heteroatoms. The van der Waals surface area contributed by atoms with Crippen molar-refractivity contribution >= 4 is 40.9 Å². The number of amides is 3. The third kappa shape index (κ3) is 4.51. The lowest BCUT2D eigenvalue weighted by Crippen LogP contribution is -2.52. The van der Waals surface area contributed by atoms with E-state index in [4.69, 9.17) is 4.74 Å². The van der Waals surface area contributed by atoms with E-state index in [-0.39, 0.29) is 35.4 Å². The molecule has 0 unspecified atom stereocenters. The van der Waals surface area contributed by atoms with Crippen LogP contribution in [0.25, 0.3) is 0 Å². The molecule has 0 spiro atoms. The van der Waals surface area contributed by atoms with Crippen LogP contribution in [0.2, 0.25) is 0 Å². The Morgan fingerprint density at radius 2 is 2.00 bits per heavy atom. The summed E-state index contributed by atoms with van der Waals surface area (Å²) in [5.41, 5.74) is 1.84. The van der Waals surface area contributed by atoms with Crippen molar-refractivity contribution < 1.29 is 23.5 Å². The summed E-state index contributed by atoms with van der Waals surface area (Å²) in [7, 11) is 0. The fourth-order valence-corrected chi connectivity index (χ4v) is 4.30. The number of anilines is 2. The second-order valence-electron chi connectivity index (χ2n) is 6.75. The number of carbonyl (C=O) groups excluding carboxylic acids is 3. The zero-order valence-corrected chi connectivity index (χ0v) is 16.1. The Balaban J connectivity index is 1.35. The molecular weight excluding hydrogens is 397 g/mol. The summed E-state index contributed by atoms with van der Waals surface area (Å²) < 4.78 is 18.3. The van der Waals surface area contributed by atoms with Crippen LogP contribution in [-0.2, 0) is 20.8 Å². The number of fused-ring (bicyclic) bond motifs is 1. The monoisotopic (exact) mass is 415 g/mol. The van der Waals surface area contributed by atoms with Gasteiger partial charge in [0.1, 0.15) is 17.6 Å². The topological polar surface area (TPSA) is 96.5 Å². The molecule has 0 bridgehead atoms. The van der Waals surface area contributed by atoms with Crippen LogP contribution in [0, 0.1) is 5.82 Å². The lowest BCUT2D eigenvalue weighted by Gasteiger charge is -2.28. The molecule has 3 amide bonds.